The molecule has 29 heavy (non-hydrogen) atoms. The van der Waals surface area contributed by atoms with E-state index in [0.717, 1.165) is 18.2 Å². The molecule has 156 valence electrons. The molecule has 0 radical (unpaired) electrons. The molecule has 0 spiro atoms. The summed E-state index contributed by atoms with van der Waals surface area (Å²) in [5.41, 5.74) is -0.134. The highest BCUT2D eigenvalue weighted by Gasteiger charge is 2.50. The van der Waals surface area contributed by atoms with E-state index in [1.165, 1.54) is 43.0 Å². The van der Waals surface area contributed by atoms with Crippen LogP contribution in [0.5, 0.6) is 0 Å². The monoisotopic (exact) mass is 458 g/mol. The van der Waals surface area contributed by atoms with E-state index in [1.54, 1.807) is 0 Å². The normalized spacial score (nSPS) is 22.4. The molecule has 2 aromatic rings. The van der Waals surface area contributed by atoms with E-state index in [-0.39, 0.29) is 34.3 Å². The Bertz CT molecular complexity index is 999. The van der Waals surface area contributed by atoms with Gasteiger partial charge in [0.15, 0.2) is 15.0 Å². The minimum absolute atomic E-state index is 0.00629. The lowest BCUT2D eigenvalue weighted by Gasteiger charge is -2.40. The van der Waals surface area contributed by atoms with E-state index in [2.05, 4.69) is 0 Å². The van der Waals surface area contributed by atoms with Crippen LogP contribution >= 0.6 is 23.4 Å². The Hall–Kier alpha value is -1.44. The van der Waals surface area contributed by atoms with Crippen molar-refractivity contribution in [1.29, 1.82) is 0 Å². The number of benzene rings is 2. The van der Waals surface area contributed by atoms with Gasteiger partial charge in [-0.2, -0.15) is 0 Å². The topological polar surface area (TPSA) is 51.2 Å². The van der Waals surface area contributed by atoms with Crippen LogP contribution in [0.15, 0.2) is 47.4 Å². The summed E-state index contributed by atoms with van der Waals surface area (Å²) in [5, 5.41) is 0.395. The third-order valence-electron chi connectivity index (χ3n) is 5.49. The number of carbonyl (C=O) groups is 1. The summed E-state index contributed by atoms with van der Waals surface area (Å²) in [5.74, 6) is -0.672. The van der Waals surface area contributed by atoms with Crippen LogP contribution in [0.4, 0.5) is 8.78 Å². The van der Waals surface area contributed by atoms with Gasteiger partial charge in [-0.3, -0.25) is 4.79 Å². The maximum atomic E-state index is 14.8. The fourth-order valence-corrected chi connectivity index (χ4v) is 7.01. The first-order valence-electron chi connectivity index (χ1n) is 9.25. The van der Waals surface area contributed by atoms with Gasteiger partial charge in [-0.15, -0.1) is 0 Å². The first-order chi connectivity index (χ1) is 13.7. The molecule has 0 saturated heterocycles. The molecule has 0 bridgehead atoms. The van der Waals surface area contributed by atoms with Crippen molar-refractivity contribution in [1.82, 2.24) is 0 Å². The van der Waals surface area contributed by atoms with Crippen molar-refractivity contribution in [3.63, 3.8) is 0 Å². The van der Waals surface area contributed by atoms with Crippen molar-refractivity contribution in [2.45, 2.75) is 42.2 Å². The zero-order chi connectivity index (χ0) is 21.2. The highest BCUT2D eigenvalue weighted by atomic mass is 35.5. The predicted molar refractivity (Wildman–Crippen MR) is 112 cm³/mol. The molecule has 0 unspecified atom stereocenters. The maximum Gasteiger partial charge on any atom is 0.188 e. The number of thioether (sulfide) groups is 1. The second kappa shape index (κ2) is 8.74. The van der Waals surface area contributed by atoms with E-state index < -0.39 is 26.2 Å². The van der Waals surface area contributed by atoms with E-state index in [0.29, 0.717) is 23.6 Å². The second-order valence-corrected chi connectivity index (χ2v) is 11.2. The quantitative estimate of drug-likeness (QED) is 0.571. The maximum absolute atomic E-state index is 14.8. The Morgan fingerprint density at radius 2 is 1.76 bits per heavy atom. The van der Waals surface area contributed by atoms with Gasteiger partial charge in [-0.05, 0) is 74.1 Å². The van der Waals surface area contributed by atoms with Crippen molar-refractivity contribution in [3.05, 3.63) is 64.7 Å². The van der Waals surface area contributed by atoms with Crippen LogP contribution in [-0.2, 0) is 19.4 Å². The van der Waals surface area contributed by atoms with Gasteiger partial charge < -0.3 is 0 Å². The van der Waals surface area contributed by atoms with Crippen LogP contribution in [0.2, 0.25) is 5.02 Å². The zero-order valence-electron chi connectivity index (χ0n) is 15.8. The van der Waals surface area contributed by atoms with Gasteiger partial charge in [0.1, 0.15) is 16.4 Å². The van der Waals surface area contributed by atoms with E-state index in [9.17, 15) is 22.0 Å². The number of rotatable bonds is 5. The average molecular weight is 459 g/mol. The van der Waals surface area contributed by atoms with Crippen LogP contribution in [0.3, 0.4) is 0 Å². The summed E-state index contributed by atoms with van der Waals surface area (Å²) < 4.78 is 54.5. The number of halogens is 3. The SMILES string of the molecule is CC(=O)SCC1CCC(c2cc(F)ccc2F)(S(=O)(=O)c2ccc(Cl)cc2)CC1. The second-order valence-electron chi connectivity index (χ2n) is 7.32. The molecule has 0 N–H and O–H groups in total. The molecule has 0 amide bonds. The van der Waals surface area contributed by atoms with Crippen LogP contribution in [0, 0.1) is 17.6 Å². The van der Waals surface area contributed by atoms with Gasteiger partial charge in [-0.25, -0.2) is 17.2 Å². The zero-order valence-corrected chi connectivity index (χ0v) is 18.2. The van der Waals surface area contributed by atoms with Crippen molar-refractivity contribution in [2.75, 3.05) is 5.75 Å². The number of hydrogen-bond donors (Lipinski definition) is 0. The first kappa shape index (κ1) is 22.2. The number of carbonyl (C=O) groups excluding carboxylic acids is 1. The van der Waals surface area contributed by atoms with Crippen LogP contribution in [-0.4, -0.2) is 19.3 Å². The molecule has 2 aromatic carbocycles. The van der Waals surface area contributed by atoms with Gasteiger partial charge in [0, 0.05) is 23.3 Å². The van der Waals surface area contributed by atoms with Crippen molar-refractivity contribution in [3.8, 4) is 0 Å². The van der Waals surface area contributed by atoms with Crippen LogP contribution in [0.1, 0.15) is 38.2 Å². The first-order valence-corrected chi connectivity index (χ1v) is 12.1. The molecule has 3 nitrogen and oxygen atoms in total. The fraction of sp³-hybridized carbons (Fsp3) is 0.381. The highest BCUT2D eigenvalue weighted by molar-refractivity contribution is 8.13. The van der Waals surface area contributed by atoms with Crippen LogP contribution < -0.4 is 0 Å². The molecule has 0 aromatic heterocycles. The molecule has 1 aliphatic carbocycles. The molecule has 0 atom stereocenters. The Balaban J connectivity index is 2.05. The molecule has 3 rings (SSSR count). The molecule has 8 heteroatoms. The summed E-state index contributed by atoms with van der Waals surface area (Å²) in [6.07, 6.45) is 1.31. The Morgan fingerprint density at radius 1 is 1.14 bits per heavy atom. The fourth-order valence-electron chi connectivity index (χ4n) is 3.91. The van der Waals surface area contributed by atoms with E-state index in [4.69, 9.17) is 11.6 Å². The Morgan fingerprint density at radius 3 is 2.34 bits per heavy atom. The molecule has 1 fully saturated rings. The predicted octanol–water partition coefficient (Wildman–Crippen LogP) is 5.76. The van der Waals surface area contributed by atoms with Gasteiger partial charge in [0.25, 0.3) is 0 Å². The highest BCUT2D eigenvalue weighted by Crippen LogP contribution is 2.49. The van der Waals surface area contributed by atoms with Crippen molar-refractivity contribution >= 4 is 38.3 Å². The van der Waals surface area contributed by atoms with E-state index >= 15 is 0 Å². The van der Waals surface area contributed by atoms with Crippen molar-refractivity contribution in [2.24, 2.45) is 5.92 Å². The lowest BCUT2D eigenvalue weighted by molar-refractivity contribution is -0.109. The standard InChI is InChI=1S/C21H21ClF2O3S2/c1-14(25)28-13-15-8-10-21(11-9-15,19-12-17(23)4-7-20(19)24)29(26,27)18-5-2-16(22)3-6-18/h2-7,12,15H,8-11,13H2,1H3. The minimum atomic E-state index is -4.03. The minimum Gasteiger partial charge on any atom is -0.288 e. The van der Waals surface area contributed by atoms with Gasteiger partial charge in [-0.1, -0.05) is 23.4 Å². The van der Waals surface area contributed by atoms with Crippen molar-refractivity contribution < 1.29 is 22.0 Å². The molecular formula is C21H21ClF2O3S2. The average Bonchev–Trinajstić information content (AvgIpc) is 2.69. The van der Waals surface area contributed by atoms with Gasteiger partial charge in [0.05, 0.1) is 4.90 Å². The summed E-state index contributed by atoms with van der Waals surface area (Å²) in [6.45, 7) is 1.49. The molecule has 1 saturated carbocycles. The summed E-state index contributed by atoms with van der Waals surface area (Å²) in [6, 6.07) is 8.69. The van der Waals surface area contributed by atoms with Crippen LogP contribution in [0.25, 0.3) is 0 Å². The molecule has 0 aliphatic heterocycles. The number of hydrogen-bond acceptors (Lipinski definition) is 4. The third-order valence-corrected chi connectivity index (χ3v) is 9.34. The van der Waals surface area contributed by atoms with Gasteiger partial charge in [0.2, 0.25) is 0 Å². The summed E-state index contributed by atoms with van der Waals surface area (Å²) in [4.78, 5) is 11.3. The number of sulfone groups is 1. The third kappa shape index (κ3) is 4.52. The lowest BCUT2D eigenvalue weighted by Crippen LogP contribution is -2.41. The molecule has 1 aliphatic rings. The smallest absolute Gasteiger partial charge is 0.188 e. The van der Waals surface area contributed by atoms with E-state index in [1.807, 2.05) is 0 Å². The summed E-state index contributed by atoms with van der Waals surface area (Å²) in [7, 11) is -4.03. The largest absolute Gasteiger partial charge is 0.288 e. The van der Waals surface area contributed by atoms with Gasteiger partial charge >= 0.3 is 0 Å². The summed E-state index contributed by atoms with van der Waals surface area (Å²) >= 11 is 7.10. The Labute approximate surface area is 178 Å². The molecular weight excluding hydrogens is 438 g/mol. The Kier molecular flexibility index (Phi) is 6.70. The molecule has 0 heterocycles. The lowest BCUT2D eigenvalue weighted by atomic mass is 9.78.